The van der Waals surface area contributed by atoms with E-state index in [9.17, 15) is 22.4 Å². The molecule has 0 radical (unpaired) electrons. The summed E-state index contributed by atoms with van der Waals surface area (Å²) >= 11 is 1.34. The first-order valence-electron chi connectivity index (χ1n) is 13.9. The normalized spacial score (nSPS) is 12.5. The van der Waals surface area contributed by atoms with E-state index in [-0.39, 0.29) is 36.1 Å². The number of hydrogen-bond acceptors (Lipinski definition) is 5. The summed E-state index contributed by atoms with van der Waals surface area (Å²) in [5, 5.41) is 18.0. The molecule has 0 atom stereocenters. The van der Waals surface area contributed by atoms with Crippen LogP contribution < -0.4 is 5.56 Å². The molecule has 1 aromatic heterocycles. The largest absolute Gasteiger partial charge is 0.416 e. The molecule has 1 heterocycles. The Morgan fingerprint density at radius 2 is 1.57 bits per heavy atom. The predicted octanol–water partition coefficient (Wildman–Crippen LogP) is 7.49. The van der Waals surface area contributed by atoms with Gasteiger partial charge in [-0.3, -0.25) is 15.6 Å². The molecule has 2 N–H and O–H groups in total. The van der Waals surface area contributed by atoms with Gasteiger partial charge in [0.25, 0.3) is 5.56 Å². The van der Waals surface area contributed by atoms with Gasteiger partial charge in [-0.2, -0.15) is 18.2 Å². The molecule has 6 nitrogen and oxygen atoms in total. The van der Waals surface area contributed by atoms with Gasteiger partial charge in [-0.15, -0.1) is 0 Å². The van der Waals surface area contributed by atoms with Gasteiger partial charge in [-0.1, -0.05) is 66.9 Å². The highest BCUT2D eigenvalue weighted by Crippen LogP contribution is 2.31. The predicted molar refractivity (Wildman–Crippen MR) is 165 cm³/mol. The number of benzene rings is 3. The van der Waals surface area contributed by atoms with Crippen LogP contribution in [0.25, 0.3) is 11.1 Å². The van der Waals surface area contributed by atoms with Gasteiger partial charge in [-0.05, 0) is 71.9 Å². The van der Waals surface area contributed by atoms with Crippen molar-refractivity contribution < 1.29 is 17.6 Å². The summed E-state index contributed by atoms with van der Waals surface area (Å²) in [7, 11) is 0. The molecule has 0 unspecified atom stereocenters. The minimum absolute atomic E-state index is 0.0213. The van der Waals surface area contributed by atoms with E-state index >= 15 is 0 Å². The maximum absolute atomic E-state index is 13.4. The summed E-state index contributed by atoms with van der Waals surface area (Å²) in [5.41, 5.74) is 3.52. The van der Waals surface area contributed by atoms with Gasteiger partial charge < -0.3 is 9.47 Å². The molecule has 1 aliphatic rings. The fourth-order valence-electron chi connectivity index (χ4n) is 5.10. The van der Waals surface area contributed by atoms with Crippen LogP contribution in [0.4, 0.5) is 17.6 Å². The first kappa shape index (κ1) is 30.9. The molecule has 44 heavy (non-hydrogen) atoms. The van der Waals surface area contributed by atoms with Crippen LogP contribution in [0.1, 0.15) is 34.4 Å². The van der Waals surface area contributed by atoms with Crippen LogP contribution in [-0.4, -0.2) is 26.1 Å². The average molecular weight is 620 g/mol. The summed E-state index contributed by atoms with van der Waals surface area (Å²) in [6, 6.07) is 18.3. The van der Waals surface area contributed by atoms with Gasteiger partial charge in [0, 0.05) is 17.0 Å². The fourth-order valence-corrected chi connectivity index (χ4v) is 6.06. The topological polar surface area (TPSA) is 85.8 Å². The lowest BCUT2D eigenvalue weighted by Gasteiger charge is -2.26. The van der Waals surface area contributed by atoms with Crippen molar-refractivity contribution in [1.82, 2.24) is 14.5 Å². The Morgan fingerprint density at radius 3 is 2.18 bits per heavy atom. The van der Waals surface area contributed by atoms with E-state index in [0.717, 1.165) is 40.9 Å². The summed E-state index contributed by atoms with van der Waals surface area (Å²) in [6.07, 6.45) is -0.949. The molecule has 5 rings (SSSR count). The Balaban J connectivity index is 1.36. The number of nitrogens with zero attached hydrogens (tertiary/aromatic N) is 3. The van der Waals surface area contributed by atoms with Crippen molar-refractivity contribution in [3.63, 3.8) is 0 Å². The Kier molecular flexibility index (Phi) is 9.14. The third-order valence-electron chi connectivity index (χ3n) is 7.44. The first-order valence-corrected chi connectivity index (χ1v) is 14.8. The average Bonchev–Trinajstić information content (AvgIpc) is 3.52. The third kappa shape index (κ3) is 6.99. The molecule has 0 bridgehead atoms. The SMILES string of the molecule is C=CC(=N)N(Cc1ccc(-c2ccc(C(F)(F)F)cc2)cc1)C(=N)Cn1c(SCc2ccc(F)cc2)nc(=O)c2c1CCC2. The van der Waals surface area contributed by atoms with E-state index in [0.29, 0.717) is 34.9 Å². The van der Waals surface area contributed by atoms with Crippen molar-refractivity contribution in [2.45, 2.75) is 49.4 Å². The number of nitrogens with one attached hydrogen (secondary N) is 2. The van der Waals surface area contributed by atoms with Crippen molar-refractivity contribution in [3.05, 3.63) is 130 Å². The molecule has 0 spiro atoms. The van der Waals surface area contributed by atoms with Crippen LogP contribution in [0.15, 0.2) is 95.4 Å². The number of thioether (sulfide) groups is 1. The quantitative estimate of drug-likeness (QED) is 0.0669. The van der Waals surface area contributed by atoms with Crippen LogP contribution in [0.2, 0.25) is 0 Å². The molecule has 4 aromatic rings. The second kappa shape index (κ2) is 13.0. The zero-order valence-corrected chi connectivity index (χ0v) is 24.4. The number of aromatic nitrogens is 2. The molecule has 226 valence electrons. The zero-order valence-electron chi connectivity index (χ0n) is 23.6. The summed E-state index contributed by atoms with van der Waals surface area (Å²) in [6.45, 7) is 3.97. The first-order chi connectivity index (χ1) is 21.0. The van der Waals surface area contributed by atoms with Gasteiger partial charge >= 0.3 is 6.18 Å². The highest BCUT2D eigenvalue weighted by Gasteiger charge is 2.30. The molecule has 0 amide bonds. The molecule has 3 aromatic carbocycles. The second-order valence-electron chi connectivity index (χ2n) is 10.4. The summed E-state index contributed by atoms with van der Waals surface area (Å²) < 4.78 is 54.1. The number of alkyl halides is 3. The van der Waals surface area contributed by atoms with Crippen molar-refractivity contribution in [2.24, 2.45) is 0 Å². The van der Waals surface area contributed by atoms with Crippen LogP contribution in [0.5, 0.6) is 0 Å². The number of rotatable bonds is 9. The van der Waals surface area contributed by atoms with Gasteiger partial charge in [-0.25, -0.2) is 4.39 Å². The molecule has 1 aliphatic carbocycles. The maximum Gasteiger partial charge on any atom is 0.416 e. The monoisotopic (exact) mass is 619 g/mol. The van der Waals surface area contributed by atoms with E-state index in [4.69, 9.17) is 10.8 Å². The fraction of sp³-hybridized carbons (Fsp3) is 0.212. The van der Waals surface area contributed by atoms with Crippen molar-refractivity contribution in [3.8, 4) is 11.1 Å². The molecule has 11 heteroatoms. The van der Waals surface area contributed by atoms with Gasteiger partial charge in [0.05, 0.1) is 18.7 Å². The molecular weight excluding hydrogens is 590 g/mol. The van der Waals surface area contributed by atoms with E-state index in [2.05, 4.69) is 11.6 Å². The minimum Gasteiger partial charge on any atom is -0.317 e. The Morgan fingerprint density at radius 1 is 0.955 bits per heavy atom. The van der Waals surface area contributed by atoms with Crippen molar-refractivity contribution >= 4 is 23.4 Å². The lowest BCUT2D eigenvalue weighted by Crippen LogP contribution is -2.38. The van der Waals surface area contributed by atoms with E-state index in [1.54, 1.807) is 24.3 Å². The van der Waals surface area contributed by atoms with Crippen LogP contribution in [0, 0.1) is 16.6 Å². The van der Waals surface area contributed by atoms with E-state index < -0.39 is 11.7 Å². The van der Waals surface area contributed by atoms with Gasteiger partial charge in [0.15, 0.2) is 5.16 Å². The van der Waals surface area contributed by atoms with Crippen LogP contribution in [-0.2, 0) is 37.9 Å². The standard InChI is InChI=1S/C33H29F4N5OS/c1-2-29(38)42(18-21-6-10-23(11-7-21)24-12-14-25(15-13-24)33(35,36)37)30(39)19-41-28-5-3-4-27(28)31(43)40-32(41)44-20-22-8-16-26(34)17-9-22/h2,6-17,38-39H,1,3-5,18-20H2. The van der Waals surface area contributed by atoms with Gasteiger partial charge in [0.1, 0.15) is 17.5 Å². The number of hydrogen-bond donors (Lipinski definition) is 2. The Hall–Kier alpha value is -4.51. The number of fused-ring (bicyclic) bond motifs is 1. The number of halogens is 4. The summed E-state index contributed by atoms with van der Waals surface area (Å²) in [5.74, 6) is 0.243. The zero-order chi connectivity index (χ0) is 31.4. The molecule has 0 aliphatic heterocycles. The highest BCUT2D eigenvalue weighted by atomic mass is 32.2. The van der Waals surface area contributed by atoms with Crippen LogP contribution >= 0.6 is 11.8 Å². The Bertz CT molecular complexity index is 1750. The molecule has 0 saturated heterocycles. The van der Waals surface area contributed by atoms with E-state index in [1.165, 1.54) is 47.0 Å². The van der Waals surface area contributed by atoms with Crippen molar-refractivity contribution in [2.75, 3.05) is 0 Å². The third-order valence-corrected chi connectivity index (χ3v) is 8.49. The maximum atomic E-state index is 13.4. The van der Waals surface area contributed by atoms with E-state index in [1.807, 2.05) is 16.7 Å². The highest BCUT2D eigenvalue weighted by molar-refractivity contribution is 7.98. The second-order valence-corrected chi connectivity index (χ2v) is 11.3. The smallest absolute Gasteiger partial charge is 0.317 e. The number of amidine groups is 2. The molecule has 0 fully saturated rings. The molecule has 0 saturated carbocycles. The Labute approximate surface area is 256 Å². The summed E-state index contributed by atoms with van der Waals surface area (Å²) in [4.78, 5) is 18.6. The lowest BCUT2D eigenvalue weighted by atomic mass is 10.0. The van der Waals surface area contributed by atoms with Crippen molar-refractivity contribution in [1.29, 1.82) is 10.8 Å². The van der Waals surface area contributed by atoms with Crippen LogP contribution in [0.3, 0.4) is 0 Å². The minimum atomic E-state index is -4.40. The molecular formula is C33H29F4N5OS. The van der Waals surface area contributed by atoms with Gasteiger partial charge in [0.2, 0.25) is 0 Å². The lowest BCUT2D eigenvalue weighted by molar-refractivity contribution is -0.137.